The summed E-state index contributed by atoms with van der Waals surface area (Å²) in [5.41, 5.74) is 5.76. The van der Waals surface area contributed by atoms with Gasteiger partial charge < -0.3 is 5.11 Å². The van der Waals surface area contributed by atoms with Crippen molar-refractivity contribution in [3.63, 3.8) is 0 Å². The second-order valence-corrected chi connectivity index (χ2v) is 6.90. The van der Waals surface area contributed by atoms with Gasteiger partial charge in [0.1, 0.15) is 5.75 Å². The van der Waals surface area contributed by atoms with Crippen LogP contribution in [0.2, 0.25) is 0 Å². The summed E-state index contributed by atoms with van der Waals surface area (Å²) >= 11 is 0. The monoisotopic (exact) mass is 318 g/mol. The fourth-order valence-electron chi connectivity index (χ4n) is 3.41. The van der Waals surface area contributed by atoms with E-state index in [1.807, 2.05) is 0 Å². The van der Waals surface area contributed by atoms with E-state index >= 15 is 0 Å². The van der Waals surface area contributed by atoms with Gasteiger partial charge >= 0.3 is 0 Å². The maximum Gasteiger partial charge on any atom is 0.119 e. The minimum absolute atomic E-state index is 0.566. The van der Waals surface area contributed by atoms with Crippen LogP contribution in [0.1, 0.15) is 101 Å². The van der Waals surface area contributed by atoms with Crippen LogP contribution in [0, 0.1) is 0 Å². The van der Waals surface area contributed by atoms with Crippen molar-refractivity contribution in [1.29, 1.82) is 0 Å². The molecule has 0 bridgehead atoms. The van der Waals surface area contributed by atoms with Crippen molar-refractivity contribution in [3.8, 4) is 5.75 Å². The van der Waals surface area contributed by atoms with Gasteiger partial charge in [0.25, 0.3) is 0 Å². The molecule has 1 nitrogen and oxygen atoms in total. The average Bonchev–Trinajstić information content (AvgIpc) is 2.56. The standard InChI is InChI=1S/C22H38O/c1-5-9-13-18-17-22(23)21(16-12-8-4)20(15-11-7-3)19(18)14-10-6-2/h17,23H,5-16H2,1-4H3. The fourth-order valence-corrected chi connectivity index (χ4v) is 3.41. The van der Waals surface area contributed by atoms with Gasteiger partial charge in [-0.15, -0.1) is 0 Å². The van der Waals surface area contributed by atoms with Crippen LogP contribution in [0.25, 0.3) is 0 Å². The number of benzene rings is 1. The first-order valence-corrected chi connectivity index (χ1v) is 10.0. The van der Waals surface area contributed by atoms with Crippen LogP contribution in [-0.2, 0) is 25.7 Å². The summed E-state index contributed by atoms with van der Waals surface area (Å²) in [6.45, 7) is 9.02. The second-order valence-electron chi connectivity index (χ2n) is 6.90. The van der Waals surface area contributed by atoms with Crippen LogP contribution < -0.4 is 0 Å². The fraction of sp³-hybridized carbons (Fsp3) is 0.727. The van der Waals surface area contributed by atoms with Crippen molar-refractivity contribution in [1.82, 2.24) is 0 Å². The predicted octanol–water partition coefficient (Wildman–Crippen LogP) is 6.76. The van der Waals surface area contributed by atoms with E-state index in [1.54, 1.807) is 5.56 Å². The number of rotatable bonds is 12. The summed E-state index contributed by atoms with van der Waals surface area (Å²) in [6, 6.07) is 2.10. The number of aryl methyl sites for hydroxylation is 1. The van der Waals surface area contributed by atoms with E-state index in [-0.39, 0.29) is 0 Å². The van der Waals surface area contributed by atoms with Crippen LogP contribution in [0.4, 0.5) is 0 Å². The summed E-state index contributed by atoms with van der Waals surface area (Å²) in [5.74, 6) is 0.566. The zero-order valence-electron chi connectivity index (χ0n) is 16.0. The summed E-state index contributed by atoms with van der Waals surface area (Å²) in [4.78, 5) is 0. The zero-order valence-corrected chi connectivity index (χ0v) is 16.0. The molecule has 0 saturated heterocycles. The molecule has 0 heterocycles. The molecule has 0 aliphatic rings. The first-order chi connectivity index (χ1) is 11.2. The summed E-state index contributed by atoms with van der Waals surface area (Å²) in [5, 5.41) is 10.6. The Morgan fingerprint density at radius 2 is 1.04 bits per heavy atom. The molecule has 0 atom stereocenters. The molecule has 1 heteroatoms. The Hall–Kier alpha value is -0.980. The predicted molar refractivity (Wildman–Crippen MR) is 103 cm³/mol. The van der Waals surface area contributed by atoms with Crippen molar-refractivity contribution < 1.29 is 5.11 Å². The van der Waals surface area contributed by atoms with Crippen LogP contribution in [0.3, 0.4) is 0 Å². The molecule has 0 radical (unpaired) electrons. The maximum atomic E-state index is 10.6. The van der Waals surface area contributed by atoms with E-state index < -0.39 is 0 Å². The highest BCUT2D eigenvalue weighted by atomic mass is 16.3. The normalized spacial score (nSPS) is 11.1. The summed E-state index contributed by atoms with van der Waals surface area (Å²) in [7, 11) is 0. The Bertz CT molecular complexity index is 448. The molecular weight excluding hydrogens is 280 g/mol. The lowest BCUT2D eigenvalue weighted by Crippen LogP contribution is -2.07. The third-order valence-electron chi connectivity index (χ3n) is 4.88. The van der Waals surface area contributed by atoms with Gasteiger partial charge in [-0.25, -0.2) is 0 Å². The van der Waals surface area contributed by atoms with E-state index in [0.29, 0.717) is 5.75 Å². The highest BCUT2D eigenvalue weighted by Crippen LogP contribution is 2.33. The molecule has 0 amide bonds. The van der Waals surface area contributed by atoms with E-state index in [0.717, 1.165) is 19.3 Å². The molecule has 0 fully saturated rings. The third kappa shape index (κ3) is 6.20. The van der Waals surface area contributed by atoms with Crippen molar-refractivity contribution in [2.45, 2.75) is 105 Å². The van der Waals surface area contributed by atoms with Crippen LogP contribution in [-0.4, -0.2) is 5.11 Å². The molecule has 1 aromatic carbocycles. The number of hydrogen-bond donors (Lipinski definition) is 1. The Labute approximate surface area is 144 Å². The van der Waals surface area contributed by atoms with E-state index in [1.165, 1.54) is 74.5 Å². The minimum Gasteiger partial charge on any atom is -0.508 e. The number of hydrogen-bond acceptors (Lipinski definition) is 1. The van der Waals surface area contributed by atoms with Crippen LogP contribution in [0.5, 0.6) is 5.75 Å². The quantitative estimate of drug-likeness (QED) is 0.451. The number of unbranched alkanes of at least 4 members (excludes halogenated alkanes) is 4. The molecule has 1 rings (SSSR count). The molecule has 0 aliphatic heterocycles. The first kappa shape index (κ1) is 20.1. The largest absolute Gasteiger partial charge is 0.508 e. The second kappa shape index (κ2) is 11.5. The molecular formula is C22H38O. The van der Waals surface area contributed by atoms with Crippen LogP contribution >= 0.6 is 0 Å². The van der Waals surface area contributed by atoms with Crippen molar-refractivity contribution in [2.75, 3.05) is 0 Å². The Morgan fingerprint density at radius 1 is 0.609 bits per heavy atom. The van der Waals surface area contributed by atoms with Gasteiger partial charge in [0.2, 0.25) is 0 Å². The van der Waals surface area contributed by atoms with Crippen molar-refractivity contribution in [2.24, 2.45) is 0 Å². The lowest BCUT2D eigenvalue weighted by atomic mass is 9.85. The maximum absolute atomic E-state index is 10.6. The Kier molecular flexibility index (Phi) is 10.1. The lowest BCUT2D eigenvalue weighted by Gasteiger charge is -2.21. The highest BCUT2D eigenvalue weighted by Gasteiger charge is 2.16. The number of phenolic OH excluding ortho intramolecular Hbond substituents is 1. The van der Waals surface area contributed by atoms with Gasteiger partial charge in [0, 0.05) is 0 Å². The SMILES string of the molecule is CCCCc1cc(O)c(CCCC)c(CCCC)c1CCCC. The van der Waals surface area contributed by atoms with Crippen molar-refractivity contribution >= 4 is 0 Å². The van der Waals surface area contributed by atoms with E-state index in [4.69, 9.17) is 0 Å². The zero-order chi connectivity index (χ0) is 17.1. The molecule has 23 heavy (non-hydrogen) atoms. The molecule has 0 aliphatic carbocycles. The van der Waals surface area contributed by atoms with Crippen LogP contribution in [0.15, 0.2) is 6.07 Å². The molecule has 0 saturated carbocycles. The van der Waals surface area contributed by atoms with Gasteiger partial charge in [-0.1, -0.05) is 53.4 Å². The lowest BCUT2D eigenvalue weighted by molar-refractivity contribution is 0.463. The minimum atomic E-state index is 0.566. The van der Waals surface area contributed by atoms with Gasteiger partial charge in [0.05, 0.1) is 0 Å². The number of phenols is 1. The van der Waals surface area contributed by atoms with E-state index in [2.05, 4.69) is 33.8 Å². The Morgan fingerprint density at radius 3 is 1.57 bits per heavy atom. The topological polar surface area (TPSA) is 20.2 Å². The molecule has 1 N–H and O–H groups in total. The molecule has 0 unspecified atom stereocenters. The smallest absolute Gasteiger partial charge is 0.119 e. The first-order valence-electron chi connectivity index (χ1n) is 10.0. The van der Waals surface area contributed by atoms with Gasteiger partial charge in [-0.05, 0) is 79.7 Å². The van der Waals surface area contributed by atoms with Gasteiger partial charge in [0.15, 0.2) is 0 Å². The molecule has 1 aromatic rings. The summed E-state index contributed by atoms with van der Waals surface area (Å²) < 4.78 is 0. The molecule has 0 spiro atoms. The average molecular weight is 319 g/mol. The van der Waals surface area contributed by atoms with Gasteiger partial charge in [-0.2, -0.15) is 0 Å². The molecule has 0 aromatic heterocycles. The molecule has 132 valence electrons. The third-order valence-corrected chi connectivity index (χ3v) is 4.88. The summed E-state index contributed by atoms with van der Waals surface area (Å²) in [6.07, 6.45) is 14.2. The Balaban J connectivity index is 3.26. The van der Waals surface area contributed by atoms with E-state index in [9.17, 15) is 5.11 Å². The number of aromatic hydroxyl groups is 1. The van der Waals surface area contributed by atoms with Gasteiger partial charge in [-0.3, -0.25) is 0 Å². The van der Waals surface area contributed by atoms with Crippen molar-refractivity contribution in [3.05, 3.63) is 28.3 Å². The highest BCUT2D eigenvalue weighted by molar-refractivity contribution is 5.49.